The predicted octanol–water partition coefficient (Wildman–Crippen LogP) is 3.92. The number of carbonyl (C=O) groups is 3. The van der Waals surface area contributed by atoms with E-state index >= 15 is 0 Å². The lowest BCUT2D eigenvalue weighted by molar-refractivity contribution is -0.156. The standard InChI is InChI=1S/C23H24N2O4S/c1-23(2,3)29-22(28)12-17(26)14-24-20(27)13-21-25-18-10-9-16(11-19(18)30-21)15-7-5-4-6-8-15/h4-11H,12-14H2,1-3H3,(H,24,27). The highest BCUT2D eigenvalue weighted by molar-refractivity contribution is 7.18. The second-order valence-electron chi connectivity index (χ2n) is 7.91. The number of nitrogens with one attached hydrogen (secondary N) is 1. The second kappa shape index (κ2) is 9.17. The zero-order valence-electron chi connectivity index (χ0n) is 17.2. The third kappa shape index (κ3) is 6.22. The minimum Gasteiger partial charge on any atom is -0.460 e. The Morgan fingerprint density at radius 1 is 1.03 bits per heavy atom. The van der Waals surface area contributed by atoms with Crippen LogP contribution in [0.3, 0.4) is 0 Å². The van der Waals surface area contributed by atoms with E-state index in [1.807, 2.05) is 42.5 Å². The normalized spacial score (nSPS) is 11.3. The molecule has 0 aliphatic rings. The summed E-state index contributed by atoms with van der Waals surface area (Å²) >= 11 is 1.45. The van der Waals surface area contributed by atoms with Crippen LogP contribution in [0.4, 0.5) is 0 Å². The molecule has 1 aromatic heterocycles. The first-order chi connectivity index (χ1) is 14.2. The number of hydrogen-bond donors (Lipinski definition) is 1. The van der Waals surface area contributed by atoms with Gasteiger partial charge in [-0.3, -0.25) is 14.4 Å². The van der Waals surface area contributed by atoms with E-state index in [4.69, 9.17) is 4.74 Å². The van der Waals surface area contributed by atoms with Crippen molar-refractivity contribution in [1.29, 1.82) is 0 Å². The van der Waals surface area contributed by atoms with Crippen LogP contribution >= 0.6 is 11.3 Å². The van der Waals surface area contributed by atoms with E-state index in [1.165, 1.54) is 11.3 Å². The summed E-state index contributed by atoms with van der Waals surface area (Å²) < 4.78 is 6.11. The zero-order chi connectivity index (χ0) is 21.7. The molecule has 0 aliphatic heterocycles. The van der Waals surface area contributed by atoms with Crippen LogP contribution in [0.15, 0.2) is 48.5 Å². The van der Waals surface area contributed by atoms with E-state index in [2.05, 4.69) is 16.4 Å². The average molecular weight is 425 g/mol. The zero-order valence-corrected chi connectivity index (χ0v) is 18.0. The number of amides is 1. The summed E-state index contributed by atoms with van der Waals surface area (Å²) in [5.74, 6) is -1.30. The first kappa shape index (κ1) is 21.6. The van der Waals surface area contributed by atoms with E-state index < -0.39 is 17.4 Å². The van der Waals surface area contributed by atoms with Gasteiger partial charge >= 0.3 is 5.97 Å². The van der Waals surface area contributed by atoms with Crippen LogP contribution in [0.25, 0.3) is 21.3 Å². The molecule has 6 nitrogen and oxygen atoms in total. The van der Waals surface area contributed by atoms with Gasteiger partial charge in [-0.1, -0.05) is 36.4 Å². The van der Waals surface area contributed by atoms with Crippen LogP contribution in [0, 0.1) is 0 Å². The minimum atomic E-state index is -0.645. The number of fused-ring (bicyclic) bond motifs is 1. The van der Waals surface area contributed by atoms with Gasteiger partial charge in [0, 0.05) is 0 Å². The summed E-state index contributed by atoms with van der Waals surface area (Å²) in [6.07, 6.45) is -0.277. The predicted molar refractivity (Wildman–Crippen MR) is 117 cm³/mol. The van der Waals surface area contributed by atoms with Crippen LogP contribution in [-0.2, 0) is 25.5 Å². The number of carbonyl (C=O) groups excluding carboxylic acids is 3. The maximum absolute atomic E-state index is 12.2. The quantitative estimate of drug-likeness (QED) is 0.459. The van der Waals surface area contributed by atoms with E-state index in [0.717, 1.165) is 21.3 Å². The molecular weight excluding hydrogens is 400 g/mol. The molecule has 0 radical (unpaired) electrons. The van der Waals surface area contributed by atoms with E-state index in [-0.39, 0.29) is 25.3 Å². The number of hydrogen-bond acceptors (Lipinski definition) is 6. The lowest BCUT2D eigenvalue weighted by Gasteiger charge is -2.19. The molecule has 2 aromatic carbocycles. The molecule has 3 rings (SSSR count). The molecule has 0 atom stereocenters. The van der Waals surface area contributed by atoms with Crippen molar-refractivity contribution in [2.24, 2.45) is 0 Å². The lowest BCUT2D eigenvalue weighted by Crippen LogP contribution is -2.33. The van der Waals surface area contributed by atoms with Crippen LogP contribution in [0.2, 0.25) is 0 Å². The van der Waals surface area contributed by atoms with Crippen LogP contribution < -0.4 is 5.32 Å². The second-order valence-corrected chi connectivity index (χ2v) is 9.03. The summed E-state index contributed by atoms with van der Waals surface area (Å²) in [6.45, 7) is 5.00. The number of esters is 1. The first-order valence-electron chi connectivity index (χ1n) is 9.65. The third-order valence-electron chi connectivity index (χ3n) is 4.10. The van der Waals surface area contributed by atoms with Crippen molar-refractivity contribution >= 4 is 39.2 Å². The maximum Gasteiger partial charge on any atom is 0.313 e. The van der Waals surface area contributed by atoms with Crippen molar-refractivity contribution in [3.8, 4) is 11.1 Å². The molecule has 0 fully saturated rings. The van der Waals surface area contributed by atoms with Crippen LogP contribution in [0.1, 0.15) is 32.2 Å². The molecule has 1 amide bonds. The van der Waals surface area contributed by atoms with Gasteiger partial charge in [0.1, 0.15) is 17.0 Å². The molecule has 156 valence electrons. The Morgan fingerprint density at radius 3 is 2.47 bits per heavy atom. The topological polar surface area (TPSA) is 85.4 Å². The maximum atomic E-state index is 12.2. The third-order valence-corrected chi connectivity index (χ3v) is 5.11. The Morgan fingerprint density at radius 2 is 1.77 bits per heavy atom. The first-order valence-corrected chi connectivity index (χ1v) is 10.5. The van der Waals surface area contributed by atoms with Crippen molar-refractivity contribution in [2.75, 3.05) is 6.54 Å². The molecular formula is C23H24N2O4S. The Kier molecular flexibility index (Phi) is 6.62. The number of ketones is 1. The van der Waals surface area contributed by atoms with Crippen LogP contribution in [-0.4, -0.2) is 34.8 Å². The molecule has 0 saturated heterocycles. The Balaban J connectivity index is 1.55. The van der Waals surface area contributed by atoms with E-state index in [9.17, 15) is 14.4 Å². The van der Waals surface area contributed by atoms with Gasteiger partial charge in [-0.15, -0.1) is 11.3 Å². The van der Waals surface area contributed by atoms with E-state index in [0.29, 0.717) is 5.01 Å². The summed E-state index contributed by atoms with van der Waals surface area (Å²) in [7, 11) is 0. The summed E-state index contributed by atoms with van der Waals surface area (Å²) in [5, 5.41) is 3.22. The minimum absolute atomic E-state index is 0.0831. The number of aromatic nitrogens is 1. The van der Waals surface area contributed by atoms with Gasteiger partial charge in [0.2, 0.25) is 5.91 Å². The number of ether oxygens (including phenoxy) is 1. The van der Waals surface area contributed by atoms with Crippen molar-refractivity contribution in [3.63, 3.8) is 0 Å². The monoisotopic (exact) mass is 424 g/mol. The smallest absolute Gasteiger partial charge is 0.313 e. The number of Topliss-reactive ketones (excluding diaryl/α,β-unsaturated/α-hetero) is 1. The van der Waals surface area contributed by atoms with Crippen LogP contribution in [0.5, 0.6) is 0 Å². The van der Waals surface area contributed by atoms with Crippen molar-refractivity contribution < 1.29 is 19.1 Å². The fourth-order valence-corrected chi connectivity index (χ4v) is 3.86. The largest absolute Gasteiger partial charge is 0.460 e. The van der Waals surface area contributed by atoms with Crippen molar-refractivity contribution in [1.82, 2.24) is 10.3 Å². The number of thiazole rings is 1. The van der Waals surface area contributed by atoms with Crippen molar-refractivity contribution in [2.45, 2.75) is 39.2 Å². The SMILES string of the molecule is CC(C)(C)OC(=O)CC(=O)CNC(=O)Cc1nc2ccc(-c3ccccc3)cc2s1. The Labute approximate surface area is 179 Å². The van der Waals surface area contributed by atoms with Gasteiger partial charge in [-0.2, -0.15) is 0 Å². The molecule has 0 spiro atoms. The molecule has 0 unspecified atom stereocenters. The summed E-state index contributed by atoms with van der Waals surface area (Å²) in [6, 6.07) is 16.1. The van der Waals surface area contributed by atoms with Gasteiger partial charge in [-0.25, -0.2) is 4.98 Å². The molecule has 0 bridgehead atoms. The van der Waals surface area contributed by atoms with Gasteiger partial charge < -0.3 is 10.1 Å². The molecule has 30 heavy (non-hydrogen) atoms. The molecule has 0 saturated carbocycles. The highest BCUT2D eigenvalue weighted by Crippen LogP contribution is 2.28. The van der Waals surface area contributed by atoms with Gasteiger partial charge in [-0.05, 0) is 44.0 Å². The van der Waals surface area contributed by atoms with Gasteiger partial charge in [0.15, 0.2) is 5.78 Å². The van der Waals surface area contributed by atoms with E-state index in [1.54, 1.807) is 20.8 Å². The van der Waals surface area contributed by atoms with Gasteiger partial charge in [0.25, 0.3) is 0 Å². The molecule has 3 aromatic rings. The Bertz CT molecular complexity index is 1070. The van der Waals surface area contributed by atoms with Gasteiger partial charge in [0.05, 0.1) is 23.2 Å². The molecule has 1 N–H and O–H groups in total. The highest BCUT2D eigenvalue weighted by Gasteiger charge is 2.19. The average Bonchev–Trinajstić information content (AvgIpc) is 3.06. The fraction of sp³-hybridized carbons (Fsp3) is 0.304. The molecule has 7 heteroatoms. The molecule has 0 aliphatic carbocycles. The summed E-state index contributed by atoms with van der Waals surface area (Å²) in [4.78, 5) is 40.2. The lowest BCUT2D eigenvalue weighted by atomic mass is 10.1. The summed E-state index contributed by atoms with van der Waals surface area (Å²) in [5.41, 5.74) is 2.41. The number of rotatable bonds is 7. The highest BCUT2D eigenvalue weighted by atomic mass is 32.1. The Hall–Kier alpha value is -3.06. The molecule has 1 heterocycles. The number of benzene rings is 2. The van der Waals surface area contributed by atoms with Crippen molar-refractivity contribution in [3.05, 3.63) is 53.5 Å². The fourth-order valence-electron chi connectivity index (χ4n) is 2.86. The number of nitrogens with zero attached hydrogens (tertiary/aromatic N) is 1.